The van der Waals surface area contributed by atoms with Gasteiger partial charge in [0.15, 0.2) is 0 Å². The Morgan fingerprint density at radius 1 is 1.14 bits per heavy atom. The molecule has 2 N–H and O–H groups in total. The van der Waals surface area contributed by atoms with Crippen molar-refractivity contribution in [3.8, 4) is 0 Å². The second kappa shape index (κ2) is 7.25. The molecule has 4 heteroatoms. The van der Waals surface area contributed by atoms with Gasteiger partial charge in [-0.3, -0.25) is 0 Å². The van der Waals surface area contributed by atoms with Gasteiger partial charge in [0, 0.05) is 29.6 Å². The molecule has 0 amide bonds. The number of hydrogen-bond donors (Lipinski definition) is 1. The third-order valence-electron chi connectivity index (χ3n) is 3.64. The molecule has 0 fully saturated rings. The van der Waals surface area contributed by atoms with E-state index in [1.54, 1.807) is 0 Å². The smallest absolute Gasteiger partial charge is 0.114 e. The van der Waals surface area contributed by atoms with Gasteiger partial charge in [-0.1, -0.05) is 53.6 Å². The minimum Gasteiger partial charge on any atom is -0.327 e. The summed E-state index contributed by atoms with van der Waals surface area (Å²) in [7, 11) is 0. The van der Waals surface area contributed by atoms with E-state index in [1.165, 1.54) is 11.1 Å². The molecule has 2 aromatic carbocycles. The first-order valence-electron chi connectivity index (χ1n) is 7.01. The molecule has 0 aliphatic heterocycles. The number of aryl methyl sites for hydroxylation is 1. The van der Waals surface area contributed by atoms with E-state index < -0.39 is 0 Å². The molecule has 0 spiro atoms. The second-order valence-corrected chi connectivity index (χ2v) is 5.42. The quantitative estimate of drug-likeness (QED) is 0.796. The molecule has 3 aromatic rings. The third-order valence-corrected chi connectivity index (χ3v) is 4.07. The Hall–Kier alpha value is -2.10. The Balaban J connectivity index is 0.000000847. The van der Waals surface area contributed by atoms with E-state index in [4.69, 9.17) is 22.1 Å². The summed E-state index contributed by atoms with van der Waals surface area (Å²) in [5.74, 6) is 0. The SMILES string of the molecule is C=O.Cc1ccc2c(c1)c(CN)c(Cl)n2Cc1ccccc1. The maximum atomic E-state index is 8.00. The maximum absolute atomic E-state index is 8.00. The summed E-state index contributed by atoms with van der Waals surface area (Å²) < 4.78 is 2.13. The van der Waals surface area contributed by atoms with Crippen molar-refractivity contribution in [2.24, 2.45) is 5.73 Å². The highest BCUT2D eigenvalue weighted by atomic mass is 35.5. The van der Waals surface area contributed by atoms with Gasteiger partial charge >= 0.3 is 0 Å². The average molecular weight is 315 g/mol. The average Bonchev–Trinajstić information content (AvgIpc) is 2.81. The highest BCUT2D eigenvalue weighted by Gasteiger charge is 2.14. The van der Waals surface area contributed by atoms with Gasteiger partial charge in [0.05, 0.1) is 0 Å². The highest BCUT2D eigenvalue weighted by molar-refractivity contribution is 6.32. The Kier molecular flexibility index (Phi) is 5.36. The number of benzene rings is 2. The van der Waals surface area contributed by atoms with Gasteiger partial charge < -0.3 is 15.1 Å². The number of fused-ring (bicyclic) bond motifs is 1. The lowest BCUT2D eigenvalue weighted by Crippen LogP contribution is -2.01. The summed E-state index contributed by atoms with van der Waals surface area (Å²) in [5, 5.41) is 1.91. The number of hydrogen-bond acceptors (Lipinski definition) is 2. The lowest BCUT2D eigenvalue weighted by molar-refractivity contribution is -0.0979. The maximum Gasteiger partial charge on any atom is 0.114 e. The summed E-state index contributed by atoms with van der Waals surface area (Å²) in [5.41, 5.74) is 10.5. The predicted octanol–water partition coefficient (Wildman–Crippen LogP) is 3.93. The van der Waals surface area contributed by atoms with Crippen molar-refractivity contribution in [1.82, 2.24) is 4.57 Å². The van der Waals surface area contributed by atoms with Crippen molar-refractivity contribution in [1.29, 1.82) is 0 Å². The Labute approximate surface area is 135 Å². The number of rotatable bonds is 3. The van der Waals surface area contributed by atoms with Crippen molar-refractivity contribution < 1.29 is 4.79 Å². The Bertz CT molecular complexity index is 766. The number of carbonyl (C=O) groups is 1. The van der Waals surface area contributed by atoms with E-state index in [9.17, 15) is 0 Å². The molecule has 114 valence electrons. The first kappa shape index (κ1) is 16.3. The zero-order valence-corrected chi connectivity index (χ0v) is 13.3. The minimum absolute atomic E-state index is 0.459. The van der Waals surface area contributed by atoms with Crippen LogP contribution in [0.2, 0.25) is 5.15 Å². The van der Waals surface area contributed by atoms with E-state index in [0.29, 0.717) is 6.54 Å². The molecule has 0 radical (unpaired) electrons. The van der Waals surface area contributed by atoms with Crippen LogP contribution in [-0.4, -0.2) is 11.4 Å². The van der Waals surface area contributed by atoms with Crippen LogP contribution in [0.1, 0.15) is 16.7 Å². The molecule has 3 nitrogen and oxygen atoms in total. The van der Waals surface area contributed by atoms with Gasteiger partial charge in [-0.15, -0.1) is 0 Å². The van der Waals surface area contributed by atoms with Crippen LogP contribution in [0.4, 0.5) is 0 Å². The van der Waals surface area contributed by atoms with Crippen molar-refractivity contribution >= 4 is 29.3 Å². The molecule has 0 aliphatic rings. The van der Waals surface area contributed by atoms with Crippen LogP contribution in [-0.2, 0) is 17.9 Å². The number of aromatic nitrogens is 1. The molecule has 0 unspecified atom stereocenters. The van der Waals surface area contributed by atoms with Crippen LogP contribution < -0.4 is 5.73 Å². The highest BCUT2D eigenvalue weighted by Crippen LogP contribution is 2.31. The van der Waals surface area contributed by atoms with Crippen LogP contribution in [0.5, 0.6) is 0 Å². The van der Waals surface area contributed by atoms with Gasteiger partial charge in [-0.05, 0) is 24.6 Å². The summed E-state index contributed by atoms with van der Waals surface area (Å²) in [4.78, 5) is 8.00. The van der Waals surface area contributed by atoms with Crippen molar-refractivity contribution in [2.75, 3.05) is 0 Å². The topological polar surface area (TPSA) is 48.0 Å². The molecular weight excluding hydrogens is 296 g/mol. The molecule has 0 saturated carbocycles. The molecule has 3 rings (SSSR count). The first-order chi connectivity index (χ1) is 10.7. The summed E-state index contributed by atoms with van der Waals surface area (Å²) in [6.07, 6.45) is 0. The van der Waals surface area contributed by atoms with Crippen LogP contribution >= 0.6 is 11.6 Å². The fraction of sp³-hybridized carbons (Fsp3) is 0.167. The van der Waals surface area contributed by atoms with Crippen LogP contribution in [0.3, 0.4) is 0 Å². The van der Waals surface area contributed by atoms with Crippen molar-refractivity contribution in [2.45, 2.75) is 20.0 Å². The second-order valence-electron chi connectivity index (χ2n) is 5.07. The largest absolute Gasteiger partial charge is 0.327 e. The normalized spacial score (nSPS) is 10.3. The Morgan fingerprint density at radius 2 is 1.82 bits per heavy atom. The van der Waals surface area contributed by atoms with E-state index in [2.05, 4.69) is 41.8 Å². The van der Waals surface area contributed by atoms with Crippen LogP contribution in [0, 0.1) is 6.92 Å². The number of nitrogens with zero attached hydrogens (tertiary/aromatic N) is 1. The van der Waals surface area contributed by atoms with Crippen molar-refractivity contribution in [3.05, 3.63) is 70.4 Å². The fourth-order valence-electron chi connectivity index (χ4n) is 2.62. The van der Waals surface area contributed by atoms with Crippen molar-refractivity contribution in [3.63, 3.8) is 0 Å². The van der Waals surface area contributed by atoms with Gasteiger partial charge in [-0.2, -0.15) is 0 Å². The number of halogens is 1. The van der Waals surface area contributed by atoms with Crippen LogP contribution in [0.25, 0.3) is 10.9 Å². The zero-order valence-electron chi connectivity index (χ0n) is 12.6. The number of nitrogens with two attached hydrogens (primary N) is 1. The minimum atomic E-state index is 0.459. The van der Waals surface area contributed by atoms with Crippen LogP contribution in [0.15, 0.2) is 48.5 Å². The molecule has 0 saturated heterocycles. The number of carbonyl (C=O) groups excluding carboxylic acids is 1. The predicted molar refractivity (Wildman–Crippen MR) is 92.2 cm³/mol. The van der Waals surface area contributed by atoms with E-state index in [-0.39, 0.29) is 0 Å². The molecule has 1 heterocycles. The Morgan fingerprint density at radius 3 is 2.45 bits per heavy atom. The molecule has 1 aromatic heterocycles. The van der Waals surface area contributed by atoms with Gasteiger partial charge in [0.1, 0.15) is 11.9 Å². The lowest BCUT2D eigenvalue weighted by Gasteiger charge is -2.07. The van der Waals surface area contributed by atoms with E-state index in [0.717, 1.165) is 28.2 Å². The third kappa shape index (κ3) is 3.06. The fourth-order valence-corrected chi connectivity index (χ4v) is 2.95. The van der Waals surface area contributed by atoms with Gasteiger partial charge in [-0.25, -0.2) is 0 Å². The van der Waals surface area contributed by atoms with E-state index in [1.807, 2.05) is 25.0 Å². The summed E-state index contributed by atoms with van der Waals surface area (Å²) in [6, 6.07) is 16.7. The molecular formula is C18H19ClN2O. The molecule has 22 heavy (non-hydrogen) atoms. The lowest BCUT2D eigenvalue weighted by atomic mass is 10.1. The first-order valence-corrected chi connectivity index (χ1v) is 7.38. The summed E-state index contributed by atoms with van der Waals surface area (Å²) in [6.45, 7) is 5.31. The zero-order chi connectivity index (χ0) is 16.1. The van der Waals surface area contributed by atoms with E-state index >= 15 is 0 Å². The molecule has 0 aliphatic carbocycles. The summed E-state index contributed by atoms with van der Waals surface area (Å²) >= 11 is 6.54. The molecule has 0 bridgehead atoms. The molecule has 0 atom stereocenters. The standard InChI is InChI=1S/C17H17ClN2.CH2O/c1-12-7-8-16-14(9-12)15(10-19)17(18)20(16)11-13-5-3-2-4-6-13;1-2/h2-9H,10-11,19H2,1H3;1H2. The monoisotopic (exact) mass is 314 g/mol. The van der Waals surface area contributed by atoms with Gasteiger partial charge in [0.2, 0.25) is 0 Å². The van der Waals surface area contributed by atoms with Gasteiger partial charge in [0.25, 0.3) is 0 Å².